The Bertz CT molecular complexity index is 1020. The van der Waals surface area contributed by atoms with Gasteiger partial charge in [0.2, 0.25) is 0 Å². The minimum atomic E-state index is -4.57. The first-order valence-corrected chi connectivity index (χ1v) is 9.38. The molecule has 2 aromatic rings. The number of benzene rings is 1. The molecule has 0 bridgehead atoms. The summed E-state index contributed by atoms with van der Waals surface area (Å²) in [5, 5.41) is 10.8. The highest BCUT2D eigenvalue weighted by Gasteiger charge is 2.28. The number of nitriles is 1. The number of alkyl halides is 3. The molecule has 0 saturated heterocycles. The van der Waals surface area contributed by atoms with E-state index in [1.54, 1.807) is 17.5 Å². The highest BCUT2D eigenvalue weighted by Crippen LogP contribution is 2.24. The van der Waals surface area contributed by atoms with Crippen LogP contribution < -0.4 is 5.32 Å². The molecule has 1 aromatic carbocycles. The van der Waals surface area contributed by atoms with Gasteiger partial charge in [-0.1, -0.05) is 15.9 Å². The fourth-order valence-electron chi connectivity index (χ4n) is 2.67. The molecule has 1 heterocycles. The normalized spacial score (nSPS) is 11.7. The lowest BCUT2D eigenvalue weighted by atomic mass is 10.1. The third-order valence-corrected chi connectivity index (χ3v) is 4.54. The topological polar surface area (TPSA) is 84.1 Å². The maximum Gasteiger partial charge on any atom is 0.405 e. The fourth-order valence-corrected chi connectivity index (χ4v) is 2.94. The standard InChI is InChI=1S/C20H17BrF3N3O3/c1-12-7-14(13(2)27(12)17-5-3-16(21)4-6-17)8-15(9-25)19(29)30-10-18(28)26-11-20(22,23)24/h3-8H,10-11H2,1-2H3,(H,26,28)/b15-8+. The number of nitrogens with one attached hydrogen (secondary N) is 1. The molecule has 1 aromatic heterocycles. The van der Waals surface area contributed by atoms with Gasteiger partial charge in [0.25, 0.3) is 5.91 Å². The van der Waals surface area contributed by atoms with Gasteiger partial charge in [0, 0.05) is 21.5 Å². The second-order valence-corrected chi connectivity index (χ2v) is 7.19. The summed E-state index contributed by atoms with van der Waals surface area (Å²) in [4.78, 5) is 23.4. The van der Waals surface area contributed by atoms with E-state index in [2.05, 4.69) is 20.7 Å². The first-order chi connectivity index (χ1) is 14.0. The number of carbonyl (C=O) groups excluding carboxylic acids is 2. The number of ether oxygens (including phenoxy) is 1. The molecule has 0 unspecified atom stereocenters. The van der Waals surface area contributed by atoms with E-state index in [9.17, 15) is 28.0 Å². The lowest BCUT2D eigenvalue weighted by molar-refractivity contribution is -0.148. The van der Waals surface area contributed by atoms with Gasteiger partial charge in [0.05, 0.1) is 0 Å². The predicted molar refractivity (Wildman–Crippen MR) is 107 cm³/mol. The van der Waals surface area contributed by atoms with Crippen molar-refractivity contribution in [2.45, 2.75) is 20.0 Å². The van der Waals surface area contributed by atoms with E-state index in [1.165, 1.54) is 6.08 Å². The molecule has 1 amide bonds. The maximum absolute atomic E-state index is 12.1. The van der Waals surface area contributed by atoms with Crippen LogP contribution in [0.2, 0.25) is 0 Å². The number of nitrogens with zero attached hydrogens (tertiary/aromatic N) is 2. The Kier molecular flexibility index (Phi) is 7.45. The number of aryl methyl sites for hydroxylation is 1. The smallest absolute Gasteiger partial charge is 0.405 e. The van der Waals surface area contributed by atoms with Crippen molar-refractivity contribution in [2.75, 3.05) is 13.2 Å². The zero-order valence-corrected chi connectivity index (χ0v) is 17.6. The zero-order chi connectivity index (χ0) is 22.5. The van der Waals surface area contributed by atoms with Gasteiger partial charge in [-0.25, -0.2) is 4.79 Å². The Morgan fingerprint density at radius 2 is 1.90 bits per heavy atom. The largest absolute Gasteiger partial charge is 0.451 e. The molecule has 0 atom stereocenters. The fraction of sp³-hybridized carbons (Fsp3) is 0.250. The molecule has 0 aliphatic heterocycles. The number of halogens is 4. The second-order valence-electron chi connectivity index (χ2n) is 6.28. The Morgan fingerprint density at radius 3 is 2.47 bits per heavy atom. The van der Waals surface area contributed by atoms with E-state index in [-0.39, 0.29) is 5.57 Å². The Hall–Kier alpha value is -3.06. The third-order valence-electron chi connectivity index (χ3n) is 4.02. The highest BCUT2D eigenvalue weighted by molar-refractivity contribution is 9.10. The van der Waals surface area contributed by atoms with Crippen molar-refractivity contribution in [1.82, 2.24) is 9.88 Å². The average Bonchev–Trinajstić information content (AvgIpc) is 2.96. The van der Waals surface area contributed by atoms with Gasteiger partial charge in [0.15, 0.2) is 6.61 Å². The second kappa shape index (κ2) is 9.63. The number of amides is 1. The quantitative estimate of drug-likeness (QED) is 0.382. The molecular formula is C20H17BrF3N3O3. The molecule has 6 nitrogen and oxygen atoms in total. The van der Waals surface area contributed by atoms with Crippen molar-refractivity contribution in [2.24, 2.45) is 0 Å². The number of carbonyl (C=O) groups is 2. The van der Waals surface area contributed by atoms with Crippen LogP contribution in [0.3, 0.4) is 0 Å². The van der Waals surface area contributed by atoms with Crippen molar-refractivity contribution in [3.63, 3.8) is 0 Å². The Balaban J connectivity index is 2.15. The number of aromatic nitrogens is 1. The van der Waals surface area contributed by atoms with Crippen LogP contribution in [-0.2, 0) is 14.3 Å². The van der Waals surface area contributed by atoms with Crippen LogP contribution in [0.1, 0.15) is 17.0 Å². The van der Waals surface area contributed by atoms with Crippen LogP contribution in [0.5, 0.6) is 0 Å². The summed E-state index contributed by atoms with van der Waals surface area (Å²) in [7, 11) is 0. The molecule has 0 spiro atoms. The van der Waals surface area contributed by atoms with Crippen molar-refractivity contribution in [3.05, 3.63) is 57.3 Å². The third kappa shape index (κ3) is 6.22. The highest BCUT2D eigenvalue weighted by atomic mass is 79.9. The van der Waals surface area contributed by atoms with Crippen LogP contribution in [0, 0.1) is 25.2 Å². The Morgan fingerprint density at radius 1 is 1.27 bits per heavy atom. The van der Waals surface area contributed by atoms with E-state index < -0.39 is 31.2 Å². The molecule has 1 N–H and O–H groups in total. The van der Waals surface area contributed by atoms with Crippen LogP contribution in [-0.4, -0.2) is 35.8 Å². The summed E-state index contributed by atoms with van der Waals surface area (Å²) >= 11 is 3.37. The molecule has 0 aliphatic carbocycles. The number of rotatable bonds is 6. The summed E-state index contributed by atoms with van der Waals surface area (Å²) in [6.07, 6.45) is -3.26. The SMILES string of the molecule is Cc1cc(/C=C(\C#N)C(=O)OCC(=O)NCC(F)(F)F)c(C)n1-c1ccc(Br)cc1. The monoisotopic (exact) mass is 483 g/mol. The average molecular weight is 484 g/mol. The first kappa shape index (κ1) is 23.2. The Labute approximate surface area is 179 Å². The number of esters is 1. The molecule has 158 valence electrons. The molecule has 0 radical (unpaired) electrons. The minimum Gasteiger partial charge on any atom is -0.451 e. The number of hydrogen-bond donors (Lipinski definition) is 1. The van der Waals surface area contributed by atoms with Crippen LogP contribution >= 0.6 is 15.9 Å². The van der Waals surface area contributed by atoms with E-state index >= 15 is 0 Å². The zero-order valence-electron chi connectivity index (χ0n) is 16.0. The first-order valence-electron chi connectivity index (χ1n) is 8.59. The van der Waals surface area contributed by atoms with Crippen molar-refractivity contribution < 1.29 is 27.5 Å². The van der Waals surface area contributed by atoms with Crippen molar-refractivity contribution in [3.8, 4) is 11.8 Å². The van der Waals surface area contributed by atoms with Gasteiger partial charge in [-0.05, 0) is 55.8 Å². The van der Waals surface area contributed by atoms with E-state index in [1.807, 2.05) is 42.7 Å². The molecular weight excluding hydrogens is 467 g/mol. The summed E-state index contributed by atoms with van der Waals surface area (Å²) in [5.41, 5.74) is 2.71. The van der Waals surface area contributed by atoms with Gasteiger partial charge in [-0.2, -0.15) is 18.4 Å². The molecule has 0 aliphatic rings. The van der Waals surface area contributed by atoms with Gasteiger partial charge in [0.1, 0.15) is 18.2 Å². The van der Waals surface area contributed by atoms with Crippen molar-refractivity contribution >= 4 is 33.9 Å². The lowest BCUT2D eigenvalue weighted by Crippen LogP contribution is -2.36. The maximum atomic E-state index is 12.1. The van der Waals surface area contributed by atoms with Crippen LogP contribution in [0.25, 0.3) is 11.8 Å². The van der Waals surface area contributed by atoms with Gasteiger partial charge < -0.3 is 14.6 Å². The van der Waals surface area contributed by atoms with Gasteiger partial charge in [-0.15, -0.1) is 0 Å². The van der Waals surface area contributed by atoms with E-state index in [4.69, 9.17) is 0 Å². The molecule has 0 saturated carbocycles. The van der Waals surface area contributed by atoms with E-state index in [0.29, 0.717) is 5.56 Å². The van der Waals surface area contributed by atoms with Crippen LogP contribution in [0.15, 0.2) is 40.4 Å². The molecule has 30 heavy (non-hydrogen) atoms. The summed E-state index contributed by atoms with van der Waals surface area (Å²) < 4.78 is 43.7. The van der Waals surface area contributed by atoms with Crippen LogP contribution in [0.4, 0.5) is 13.2 Å². The van der Waals surface area contributed by atoms with Gasteiger partial charge in [-0.3, -0.25) is 4.79 Å². The summed E-state index contributed by atoms with van der Waals surface area (Å²) in [5.74, 6) is -2.22. The summed E-state index contributed by atoms with van der Waals surface area (Å²) in [6.45, 7) is 1.21. The predicted octanol–water partition coefficient (Wildman–Crippen LogP) is 3.99. The molecule has 0 fully saturated rings. The molecule has 2 rings (SSSR count). The van der Waals surface area contributed by atoms with E-state index in [0.717, 1.165) is 21.5 Å². The van der Waals surface area contributed by atoms with Gasteiger partial charge >= 0.3 is 12.1 Å². The molecule has 10 heteroatoms. The van der Waals surface area contributed by atoms with Crippen molar-refractivity contribution in [1.29, 1.82) is 5.26 Å². The lowest BCUT2D eigenvalue weighted by Gasteiger charge is -2.10. The summed E-state index contributed by atoms with van der Waals surface area (Å²) in [6, 6.07) is 11.0. The number of hydrogen-bond acceptors (Lipinski definition) is 4. The minimum absolute atomic E-state index is 0.380.